The molecule has 2 aliphatic rings. The zero-order valence-corrected chi connectivity index (χ0v) is 31.4. The molecule has 3 heteroatoms. The van der Waals surface area contributed by atoms with Crippen LogP contribution in [0, 0.1) is 13.8 Å². The molecule has 1 unspecified atom stereocenters. The molecule has 0 N–H and O–H groups in total. The summed E-state index contributed by atoms with van der Waals surface area (Å²) in [6, 6.07) is 27.7. The number of hydrogen-bond acceptors (Lipinski definition) is 0. The molecular weight excluding hydrogens is 667 g/mol. The minimum absolute atomic E-state index is 0. The van der Waals surface area contributed by atoms with Crippen molar-refractivity contribution in [2.75, 3.05) is 0 Å². The van der Waals surface area contributed by atoms with Gasteiger partial charge in [0.2, 0.25) is 0 Å². The molecule has 0 spiro atoms. The van der Waals surface area contributed by atoms with Crippen molar-refractivity contribution in [1.82, 2.24) is 0 Å². The van der Waals surface area contributed by atoms with Gasteiger partial charge in [-0.25, -0.2) is 0 Å². The van der Waals surface area contributed by atoms with E-state index in [1.165, 1.54) is 54.4 Å². The number of halogens is 2. The monoisotopic (exact) mass is 709 g/mol. The predicted octanol–water partition coefficient (Wildman–Crippen LogP) is 4.93. The molecule has 0 saturated heterocycles. The van der Waals surface area contributed by atoms with Crippen molar-refractivity contribution in [1.29, 1.82) is 0 Å². The van der Waals surface area contributed by atoms with Gasteiger partial charge in [-0.05, 0) is 0 Å². The average Bonchev–Trinajstić information content (AvgIpc) is 3.66. The predicted molar refractivity (Wildman–Crippen MR) is 183 cm³/mol. The van der Waals surface area contributed by atoms with E-state index in [4.69, 9.17) is 0 Å². The summed E-state index contributed by atoms with van der Waals surface area (Å²) in [5, 5.41) is 0. The Hall–Kier alpha value is -2.31. The van der Waals surface area contributed by atoms with Crippen molar-refractivity contribution in [3.05, 3.63) is 147 Å². The molecule has 4 aromatic rings. The van der Waals surface area contributed by atoms with Crippen LogP contribution in [0.1, 0.15) is 106 Å². The number of hydrogen-bond donors (Lipinski definition) is 0. The standard InChI is InChI=1S/C29H35.C13H10.2ClH.Zr/c1-6-11-22-16-19(4)17-23-18-26-27(21-14-9-10-15-21)20(5)24(12-7-2)25(13-8-3)29(26)28(22)23;1-3-7-12(8-4-1)11-13-9-5-2-6-10-13;;;/h9-10,14,16-18H,6-8,11-13,15H2,1-5H3;1-10H;2*1H;/q;;;;+2/p-2. The van der Waals surface area contributed by atoms with E-state index in [1.807, 2.05) is 0 Å². The Morgan fingerprint density at radius 3 is 1.87 bits per heavy atom. The minimum Gasteiger partial charge on any atom is -1.00 e. The third-order valence-corrected chi connectivity index (χ3v) is 13.6. The normalized spacial score (nSPS) is 14.2. The van der Waals surface area contributed by atoms with E-state index in [-0.39, 0.29) is 24.8 Å². The van der Waals surface area contributed by atoms with Crippen molar-refractivity contribution in [3.63, 3.8) is 0 Å². The van der Waals surface area contributed by atoms with Gasteiger partial charge in [0.25, 0.3) is 0 Å². The van der Waals surface area contributed by atoms with Crippen LogP contribution in [0.3, 0.4) is 0 Å². The Morgan fingerprint density at radius 2 is 1.31 bits per heavy atom. The second-order valence-corrected chi connectivity index (χ2v) is 15.8. The summed E-state index contributed by atoms with van der Waals surface area (Å²) in [7, 11) is 0. The summed E-state index contributed by atoms with van der Waals surface area (Å²) >= 11 is -1.21. The minimum atomic E-state index is -1.21. The molecule has 0 saturated carbocycles. The van der Waals surface area contributed by atoms with Crippen molar-refractivity contribution in [2.45, 2.75) is 83.2 Å². The quantitative estimate of drug-likeness (QED) is 0.219. The number of allylic oxidation sites excluding steroid dienone is 4. The van der Waals surface area contributed by atoms with Gasteiger partial charge < -0.3 is 24.8 Å². The molecule has 1 atom stereocenters. The van der Waals surface area contributed by atoms with E-state index in [9.17, 15) is 0 Å². The van der Waals surface area contributed by atoms with Crippen LogP contribution in [0.2, 0.25) is 0 Å². The largest absolute Gasteiger partial charge is 1.00 e. The number of benzene rings is 4. The van der Waals surface area contributed by atoms with Crippen molar-refractivity contribution < 1.29 is 47.6 Å². The maximum Gasteiger partial charge on any atom is -1.00 e. The van der Waals surface area contributed by atoms with Crippen LogP contribution in [-0.4, -0.2) is 3.21 Å². The maximum atomic E-state index is 2.59. The van der Waals surface area contributed by atoms with Crippen molar-refractivity contribution in [3.8, 4) is 11.1 Å². The van der Waals surface area contributed by atoms with Crippen LogP contribution < -0.4 is 24.8 Å². The molecular formula is C42H45Cl2Zr. The molecule has 0 fully saturated rings. The first-order valence-corrected chi connectivity index (χ1v) is 19.1. The number of aryl methyl sites for hydroxylation is 2. The van der Waals surface area contributed by atoms with Gasteiger partial charge in [0.05, 0.1) is 0 Å². The Labute approximate surface area is 295 Å². The molecule has 231 valence electrons. The van der Waals surface area contributed by atoms with Crippen LogP contribution in [-0.2, 0) is 42.0 Å². The van der Waals surface area contributed by atoms with Gasteiger partial charge in [0.15, 0.2) is 0 Å². The van der Waals surface area contributed by atoms with Crippen molar-refractivity contribution >= 4 is 8.78 Å². The molecule has 0 heterocycles. The molecule has 4 aromatic carbocycles. The second kappa shape index (κ2) is 16.0. The van der Waals surface area contributed by atoms with Crippen LogP contribution >= 0.6 is 0 Å². The van der Waals surface area contributed by atoms with Gasteiger partial charge in [0.1, 0.15) is 0 Å². The Bertz CT molecular complexity index is 1690. The molecule has 0 aliphatic heterocycles. The fourth-order valence-electron chi connectivity index (χ4n) is 7.64. The first kappa shape index (κ1) is 35.5. The third-order valence-electron chi connectivity index (χ3n) is 9.30. The van der Waals surface area contributed by atoms with Gasteiger partial charge in [-0.2, -0.15) is 0 Å². The van der Waals surface area contributed by atoms with E-state index in [0.29, 0.717) is 3.63 Å². The topological polar surface area (TPSA) is 0 Å². The van der Waals surface area contributed by atoms with Crippen molar-refractivity contribution in [2.24, 2.45) is 0 Å². The summed E-state index contributed by atoms with van der Waals surface area (Å²) in [5.41, 5.74) is 20.4. The molecule has 0 radical (unpaired) electrons. The summed E-state index contributed by atoms with van der Waals surface area (Å²) in [6.45, 7) is 11.9. The fourth-order valence-corrected chi connectivity index (χ4v) is 12.0. The number of fused-ring (bicyclic) bond motifs is 3. The average molecular weight is 712 g/mol. The van der Waals surface area contributed by atoms with E-state index in [0.717, 1.165) is 12.8 Å². The third kappa shape index (κ3) is 6.88. The van der Waals surface area contributed by atoms with E-state index >= 15 is 0 Å². The molecule has 0 bridgehead atoms. The summed E-state index contributed by atoms with van der Waals surface area (Å²) in [5.74, 6) is 0. The smallest absolute Gasteiger partial charge is 1.00 e. The van der Waals surface area contributed by atoms with Gasteiger partial charge in [0, 0.05) is 0 Å². The summed E-state index contributed by atoms with van der Waals surface area (Å²) in [4.78, 5) is 0. The molecule has 6 rings (SSSR count). The summed E-state index contributed by atoms with van der Waals surface area (Å²) < 4.78 is 2.10. The van der Waals surface area contributed by atoms with E-state index in [1.54, 1.807) is 53.3 Å². The molecule has 2 aliphatic carbocycles. The molecule has 45 heavy (non-hydrogen) atoms. The zero-order chi connectivity index (χ0) is 29.9. The second-order valence-electron chi connectivity index (χ2n) is 12.4. The van der Waals surface area contributed by atoms with Gasteiger partial charge in [-0.1, -0.05) is 0 Å². The van der Waals surface area contributed by atoms with Crippen LogP contribution in [0.5, 0.6) is 0 Å². The van der Waals surface area contributed by atoms with E-state index < -0.39 is 22.8 Å². The molecule has 0 amide bonds. The maximum absolute atomic E-state index is 2.59. The van der Waals surface area contributed by atoms with Gasteiger partial charge in [-0.3, -0.25) is 0 Å². The van der Waals surface area contributed by atoms with Crippen LogP contribution in [0.25, 0.3) is 16.7 Å². The van der Waals surface area contributed by atoms with Crippen LogP contribution in [0.15, 0.2) is 91.0 Å². The first-order valence-electron chi connectivity index (χ1n) is 16.5. The Kier molecular flexibility index (Phi) is 12.6. The van der Waals surface area contributed by atoms with Crippen LogP contribution in [0.4, 0.5) is 0 Å². The fraction of sp³-hybridized carbons (Fsp3) is 0.310. The zero-order valence-electron chi connectivity index (χ0n) is 27.4. The molecule has 0 nitrogen and oxygen atoms in total. The first-order chi connectivity index (χ1) is 21.1. The Balaban J connectivity index is 0.00000230. The summed E-state index contributed by atoms with van der Waals surface area (Å²) in [6.07, 6.45) is 15.2. The van der Waals surface area contributed by atoms with Gasteiger partial charge >= 0.3 is 273 Å². The van der Waals surface area contributed by atoms with Gasteiger partial charge in [-0.15, -0.1) is 0 Å². The molecule has 0 aromatic heterocycles. The Morgan fingerprint density at radius 1 is 0.711 bits per heavy atom. The number of rotatable bonds is 10. The van der Waals surface area contributed by atoms with E-state index in [2.05, 4.69) is 126 Å². The SMILES string of the molecule is CCCc1cc(C)cc2c1-c1c(CCC)c(CCC)c(C)c(C3=CC=CC3)c1[CH]2[Zr+2]=[C](c1ccccc1)c1ccccc1.[Cl-].[Cl-].